The molecule has 0 aliphatic carbocycles. The summed E-state index contributed by atoms with van der Waals surface area (Å²) in [5, 5.41) is 15.1. The van der Waals surface area contributed by atoms with E-state index in [-0.39, 0.29) is 11.3 Å². The second-order valence-corrected chi connectivity index (χ2v) is 5.49. The third-order valence-corrected chi connectivity index (χ3v) is 3.74. The van der Waals surface area contributed by atoms with Gasteiger partial charge in [0.25, 0.3) is 5.91 Å². The molecule has 0 aliphatic rings. The summed E-state index contributed by atoms with van der Waals surface area (Å²) >= 11 is 0. The molecule has 0 aliphatic heterocycles. The first-order valence-electron chi connectivity index (χ1n) is 7.56. The number of hydrogen-bond donors (Lipinski definition) is 3. The van der Waals surface area contributed by atoms with Crippen molar-refractivity contribution in [3.05, 3.63) is 65.2 Å². The largest absolute Gasteiger partial charge is 0.507 e. The molecule has 8 heteroatoms. The first-order chi connectivity index (χ1) is 12.4. The minimum absolute atomic E-state index is 0.0203. The number of nitrogens with zero attached hydrogens (tertiary/aromatic N) is 1. The highest BCUT2D eigenvalue weighted by molar-refractivity contribution is 6.08. The Balaban J connectivity index is 1.89. The lowest BCUT2D eigenvalue weighted by Crippen LogP contribution is -2.14. The fraction of sp³-hybridized carbons (Fsp3) is 0.0556. The number of phenolic OH excluding ortho intramolecular Hbond substituents is 1. The molecular formula is C18H15N3O5. The van der Waals surface area contributed by atoms with Gasteiger partial charge < -0.3 is 20.2 Å². The van der Waals surface area contributed by atoms with Gasteiger partial charge in [-0.2, -0.15) is 0 Å². The van der Waals surface area contributed by atoms with Crippen LogP contribution in [0.25, 0.3) is 11.1 Å². The zero-order chi connectivity index (χ0) is 18.8. The standard InChI is InChI=1S/C18H15N3O5/c1-3-16(23)19-10-4-6-14(22)12(8-10)17(24)20-11-5-7-15-13(9-11)21(2)18(25)26-15/h3-9,22H,1H2,2H3,(H,19,23)(H,20,24). The Morgan fingerprint density at radius 1 is 1.15 bits per heavy atom. The summed E-state index contributed by atoms with van der Waals surface area (Å²) in [6, 6.07) is 8.82. The van der Waals surface area contributed by atoms with Crippen molar-refractivity contribution in [2.24, 2.45) is 7.05 Å². The van der Waals surface area contributed by atoms with Gasteiger partial charge in [-0.15, -0.1) is 0 Å². The number of anilines is 2. The number of phenols is 1. The van der Waals surface area contributed by atoms with Crippen molar-refractivity contribution in [2.45, 2.75) is 0 Å². The average molecular weight is 353 g/mol. The molecule has 3 N–H and O–H groups in total. The maximum atomic E-state index is 12.5. The molecule has 0 bridgehead atoms. The van der Waals surface area contributed by atoms with Crippen molar-refractivity contribution in [3.8, 4) is 5.75 Å². The molecule has 132 valence electrons. The van der Waals surface area contributed by atoms with Crippen LogP contribution in [0.1, 0.15) is 10.4 Å². The number of rotatable bonds is 4. The number of fused-ring (bicyclic) bond motifs is 1. The number of carbonyl (C=O) groups is 2. The number of carbonyl (C=O) groups excluding carboxylic acids is 2. The molecule has 2 aromatic carbocycles. The maximum absolute atomic E-state index is 12.5. The maximum Gasteiger partial charge on any atom is 0.419 e. The summed E-state index contributed by atoms with van der Waals surface area (Å²) in [6.45, 7) is 3.35. The lowest BCUT2D eigenvalue weighted by Gasteiger charge is -2.09. The predicted octanol–water partition coefficient (Wildman–Crippen LogP) is 2.21. The van der Waals surface area contributed by atoms with E-state index in [0.717, 1.165) is 6.08 Å². The van der Waals surface area contributed by atoms with Crippen LogP contribution in [0.2, 0.25) is 0 Å². The third kappa shape index (κ3) is 3.20. The van der Waals surface area contributed by atoms with E-state index in [1.807, 2.05) is 0 Å². The molecule has 0 saturated carbocycles. The number of oxazole rings is 1. The van der Waals surface area contributed by atoms with Crippen LogP contribution in [0.3, 0.4) is 0 Å². The molecule has 26 heavy (non-hydrogen) atoms. The Kier molecular flexibility index (Phi) is 4.32. The van der Waals surface area contributed by atoms with Gasteiger partial charge in [0.1, 0.15) is 5.75 Å². The number of nitrogens with one attached hydrogen (secondary N) is 2. The normalized spacial score (nSPS) is 10.5. The summed E-state index contributed by atoms with van der Waals surface area (Å²) in [7, 11) is 1.55. The summed E-state index contributed by atoms with van der Waals surface area (Å²) in [6.07, 6.45) is 1.09. The lowest BCUT2D eigenvalue weighted by molar-refractivity contribution is -0.111. The Morgan fingerprint density at radius 2 is 1.85 bits per heavy atom. The second kappa shape index (κ2) is 6.60. The van der Waals surface area contributed by atoms with Gasteiger partial charge in [-0.05, 0) is 42.5 Å². The van der Waals surface area contributed by atoms with Crippen molar-refractivity contribution in [3.63, 3.8) is 0 Å². The van der Waals surface area contributed by atoms with Gasteiger partial charge in [-0.1, -0.05) is 6.58 Å². The molecule has 0 saturated heterocycles. The summed E-state index contributed by atoms with van der Waals surface area (Å²) in [4.78, 5) is 35.4. The fourth-order valence-electron chi connectivity index (χ4n) is 2.39. The number of aromatic hydroxyl groups is 1. The Hall–Kier alpha value is -3.81. The van der Waals surface area contributed by atoms with Crippen LogP contribution in [0.15, 0.2) is 58.3 Å². The van der Waals surface area contributed by atoms with E-state index in [0.29, 0.717) is 22.5 Å². The molecule has 2 amide bonds. The van der Waals surface area contributed by atoms with Crippen LogP contribution in [0.4, 0.5) is 11.4 Å². The van der Waals surface area contributed by atoms with E-state index in [2.05, 4.69) is 17.2 Å². The van der Waals surface area contributed by atoms with Crippen molar-refractivity contribution in [1.29, 1.82) is 0 Å². The van der Waals surface area contributed by atoms with E-state index in [4.69, 9.17) is 4.42 Å². The fourth-order valence-corrected chi connectivity index (χ4v) is 2.39. The highest BCUT2D eigenvalue weighted by Crippen LogP contribution is 2.24. The zero-order valence-corrected chi connectivity index (χ0v) is 13.8. The molecule has 1 heterocycles. The predicted molar refractivity (Wildman–Crippen MR) is 96.3 cm³/mol. The zero-order valence-electron chi connectivity index (χ0n) is 13.8. The number of aromatic nitrogens is 1. The highest BCUT2D eigenvalue weighted by Gasteiger charge is 2.14. The van der Waals surface area contributed by atoms with Crippen molar-refractivity contribution in [2.75, 3.05) is 10.6 Å². The van der Waals surface area contributed by atoms with Crippen LogP contribution in [0.5, 0.6) is 5.75 Å². The molecule has 0 radical (unpaired) electrons. The van der Waals surface area contributed by atoms with Gasteiger partial charge in [0.2, 0.25) is 5.91 Å². The molecule has 3 aromatic rings. The summed E-state index contributed by atoms with van der Waals surface area (Å²) < 4.78 is 6.35. The Labute approximate surface area is 147 Å². The van der Waals surface area contributed by atoms with Crippen molar-refractivity contribution < 1.29 is 19.1 Å². The number of aryl methyl sites for hydroxylation is 1. The summed E-state index contributed by atoms with van der Waals surface area (Å²) in [5.41, 5.74) is 1.65. The molecule has 0 spiro atoms. The van der Waals surface area contributed by atoms with Gasteiger partial charge in [-0.25, -0.2) is 4.79 Å². The number of benzene rings is 2. The molecule has 8 nitrogen and oxygen atoms in total. The molecular weight excluding hydrogens is 338 g/mol. The van der Waals surface area contributed by atoms with E-state index in [1.165, 1.54) is 22.8 Å². The third-order valence-electron chi connectivity index (χ3n) is 3.74. The summed E-state index contributed by atoms with van der Waals surface area (Å²) in [5.74, 6) is -1.76. The first kappa shape index (κ1) is 17.0. The van der Waals surface area contributed by atoms with Gasteiger partial charge in [0, 0.05) is 18.4 Å². The Bertz CT molecular complexity index is 1090. The van der Waals surface area contributed by atoms with Crippen LogP contribution < -0.4 is 16.4 Å². The van der Waals surface area contributed by atoms with Crippen molar-refractivity contribution >= 4 is 34.3 Å². The molecule has 0 unspecified atom stereocenters. The van der Waals surface area contributed by atoms with E-state index >= 15 is 0 Å². The average Bonchev–Trinajstić information content (AvgIpc) is 2.90. The van der Waals surface area contributed by atoms with Crippen LogP contribution in [-0.4, -0.2) is 21.5 Å². The van der Waals surface area contributed by atoms with Crippen LogP contribution in [0, 0.1) is 0 Å². The molecule has 1 aromatic heterocycles. The van der Waals surface area contributed by atoms with Gasteiger partial charge >= 0.3 is 5.76 Å². The van der Waals surface area contributed by atoms with E-state index in [9.17, 15) is 19.5 Å². The second-order valence-electron chi connectivity index (χ2n) is 5.49. The minimum atomic E-state index is -0.579. The SMILES string of the molecule is C=CC(=O)Nc1ccc(O)c(C(=O)Nc2ccc3oc(=O)n(C)c3c2)c1. The van der Waals surface area contributed by atoms with Crippen LogP contribution in [-0.2, 0) is 11.8 Å². The van der Waals surface area contributed by atoms with Gasteiger partial charge in [-0.3, -0.25) is 14.2 Å². The topological polar surface area (TPSA) is 114 Å². The highest BCUT2D eigenvalue weighted by atomic mass is 16.4. The molecule has 0 atom stereocenters. The molecule has 3 rings (SSSR count). The van der Waals surface area contributed by atoms with Crippen molar-refractivity contribution in [1.82, 2.24) is 4.57 Å². The Morgan fingerprint density at radius 3 is 2.58 bits per heavy atom. The smallest absolute Gasteiger partial charge is 0.419 e. The molecule has 0 fully saturated rings. The van der Waals surface area contributed by atoms with E-state index in [1.54, 1.807) is 25.2 Å². The number of hydrogen-bond acceptors (Lipinski definition) is 5. The quantitative estimate of drug-likeness (QED) is 0.492. The lowest BCUT2D eigenvalue weighted by atomic mass is 10.1. The number of amides is 2. The van der Waals surface area contributed by atoms with Crippen LogP contribution >= 0.6 is 0 Å². The van der Waals surface area contributed by atoms with Gasteiger partial charge in [0.05, 0.1) is 11.1 Å². The first-order valence-corrected chi connectivity index (χ1v) is 7.56. The van der Waals surface area contributed by atoms with E-state index < -0.39 is 17.6 Å². The van der Waals surface area contributed by atoms with Gasteiger partial charge in [0.15, 0.2) is 5.58 Å². The monoisotopic (exact) mass is 353 g/mol. The minimum Gasteiger partial charge on any atom is -0.507 e.